The van der Waals surface area contributed by atoms with E-state index in [0.29, 0.717) is 27.2 Å². The van der Waals surface area contributed by atoms with E-state index in [-0.39, 0.29) is 11.2 Å². The number of nitrogens with one attached hydrogen (secondary N) is 1. The van der Waals surface area contributed by atoms with Gasteiger partial charge in [-0.3, -0.25) is 14.9 Å². The van der Waals surface area contributed by atoms with Gasteiger partial charge in [-0.05, 0) is 48.5 Å². The fraction of sp³-hybridized carbons (Fsp3) is 0. The molecular weight excluding hydrogens is 442 g/mol. The summed E-state index contributed by atoms with van der Waals surface area (Å²) in [4.78, 5) is 32.0. The van der Waals surface area contributed by atoms with Crippen molar-refractivity contribution in [3.8, 4) is 11.4 Å². The molecule has 0 aliphatic rings. The van der Waals surface area contributed by atoms with E-state index in [4.69, 9.17) is 0 Å². The van der Waals surface area contributed by atoms with Crippen LogP contribution in [0.5, 0.6) is 0 Å². The van der Waals surface area contributed by atoms with Crippen molar-refractivity contribution >= 4 is 44.3 Å². The molecule has 1 aromatic heterocycles. The van der Waals surface area contributed by atoms with Gasteiger partial charge in [0.15, 0.2) is 0 Å². The molecule has 138 valence electrons. The minimum Gasteiger partial charge on any atom is -0.306 e. The van der Waals surface area contributed by atoms with Gasteiger partial charge in [0.1, 0.15) is 5.82 Å². The SMILES string of the molecule is O=c1[nH]c(-c2ccc(Sc3ccc(Br)cc3)c([N+](=O)[O-])c2)nc2ccccc12. The Morgan fingerprint density at radius 1 is 1.04 bits per heavy atom. The second-order valence-electron chi connectivity index (χ2n) is 5.93. The molecule has 0 saturated heterocycles. The number of aromatic nitrogens is 2. The Morgan fingerprint density at radius 3 is 2.54 bits per heavy atom. The predicted octanol–water partition coefficient (Wildman–Crippen LogP) is 5.41. The monoisotopic (exact) mass is 453 g/mol. The Balaban J connectivity index is 1.77. The zero-order valence-electron chi connectivity index (χ0n) is 14.3. The maximum Gasteiger partial charge on any atom is 0.283 e. The third-order valence-electron chi connectivity index (χ3n) is 4.08. The minimum absolute atomic E-state index is 0.0405. The van der Waals surface area contributed by atoms with Gasteiger partial charge in [-0.2, -0.15) is 0 Å². The number of nitro groups is 1. The van der Waals surface area contributed by atoms with Crippen LogP contribution in [0.1, 0.15) is 0 Å². The first-order valence-electron chi connectivity index (χ1n) is 8.22. The molecule has 1 heterocycles. The Bertz CT molecular complexity index is 1260. The third-order valence-corrected chi connectivity index (χ3v) is 5.69. The van der Waals surface area contributed by atoms with Crippen molar-refractivity contribution in [3.05, 3.63) is 91.7 Å². The molecule has 1 N–H and O–H groups in total. The van der Waals surface area contributed by atoms with Crippen molar-refractivity contribution < 1.29 is 4.92 Å². The van der Waals surface area contributed by atoms with E-state index in [9.17, 15) is 14.9 Å². The lowest BCUT2D eigenvalue weighted by atomic mass is 10.1. The summed E-state index contributed by atoms with van der Waals surface area (Å²) < 4.78 is 0.938. The summed E-state index contributed by atoms with van der Waals surface area (Å²) in [7, 11) is 0. The Kier molecular flexibility index (Phi) is 4.97. The molecular formula is C20H12BrN3O3S. The summed E-state index contributed by atoms with van der Waals surface area (Å²) >= 11 is 4.68. The summed E-state index contributed by atoms with van der Waals surface area (Å²) in [5, 5.41) is 12.1. The van der Waals surface area contributed by atoms with Gasteiger partial charge in [0.05, 0.1) is 20.7 Å². The maximum atomic E-state index is 12.3. The fourth-order valence-electron chi connectivity index (χ4n) is 2.75. The van der Waals surface area contributed by atoms with E-state index in [1.54, 1.807) is 36.4 Å². The number of hydrogen-bond acceptors (Lipinski definition) is 5. The van der Waals surface area contributed by atoms with Crippen LogP contribution in [-0.4, -0.2) is 14.9 Å². The number of halogens is 1. The molecule has 0 radical (unpaired) electrons. The van der Waals surface area contributed by atoms with E-state index in [0.717, 1.165) is 9.37 Å². The van der Waals surface area contributed by atoms with E-state index in [1.807, 2.05) is 24.3 Å². The largest absolute Gasteiger partial charge is 0.306 e. The van der Waals surface area contributed by atoms with Crippen LogP contribution in [-0.2, 0) is 0 Å². The van der Waals surface area contributed by atoms with Crippen molar-refractivity contribution in [2.24, 2.45) is 0 Å². The molecule has 0 aliphatic heterocycles. The standard InChI is InChI=1S/C20H12BrN3O3S/c21-13-6-8-14(9-7-13)28-18-10-5-12(11-17(18)24(26)27)19-22-16-4-2-1-3-15(16)20(25)23-19/h1-11H,(H,22,23,25). The maximum absolute atomic E-state index is 12.3. The van der Waals surface area contributed by atoms with Crippen molar-refractivity contribution in [2.45, 2.75) is 9.79 Å². The van der Waals surface area contributed by atoms with Crippen molar-refractivity contribution in [2.75, 3.05) is 0 Å². The second-order valence-corrected chi connectivity index (χ2v) is 7.96. The Labute approximate surface area is 171 Å². The lowest BCUT2D eigenvalue weighted by Gasteiger charge is -2.07. The molecule has 8 heteroatoms. The number of nitro benzene ring substituents is 1. The third kappa shape index (κ3) is 3.69. The molecule has 0 atom stereocenters. The smallest absolute Gasteiger partial charge is 0.283 e. The number of benzene rings is 3. The van der Waals surface area contributed by atoms with E-state index in [1.165, 1.54) is 17.8 Å². The van der Waals surface area contributed by atoms with Crippen molar-refractivity contribution in [1.82, 2.24) is 9.97 Å². The summed E-state index contributed by atoms with van der Waals surface area (Å²) in [6.07, 6.45) is 0. The van der Waals surface area contributed by atoms with Crippen LogP contribution in [0, 0.1) is 10.1 Å². The highest BCUT2D eigenvalue weighted by atomic mass is 79.9. The number of rotatable bonds is 4. The number of nitrogens with zero attached hydrogens (tertiary/aromatic N) is 2. The lowest BCUT2D eigenvalue weighted by molar-refractivity contribution is -0.387. The number of hydrogen-bond donors (Lipinski definition) is 1. The zero-order chi connectivity index (χ0) is 19.7. The minimum atomic E-state index is -0.427. The molecule has 0 amide bonds. The van der Waals surface area contributed by atoms with Gasteiger partial charge < -0.3 is 4.98 Å². The van der Waals surface area contributed by atoms with Gasteiger partial charge in [0.2, 0.25) is 0 Å². The molecule has 0 bridgehead atoms. The molecule has 6 nitrogen and oxygen atoms in total. The molecule has 0 spiro atoms. The summed E-state index contributed by atoms with van der Waals surface area (Å²) in [5.41, 5.74) is 0.699. The van der Waals surface area contributed by atoms with Crippen LogP contribution >= 0.6 is 27.7 Å². The molecule has 0 fully saturated rings. The quantitative estimate of drug-likeness (QED) is 0.329. The number of H-pyrrole nitrogens is 1. The molecule has 28 heavy (non-hydrogen) atoms. The Hall–Kier alpha value is -2.97. The highest BCUT2D eigenvalue weighted by molar-refractivity contribution is 9.10. The molecule has 0 unspecified atom stereocenters. The Morgan fingerprint density at radius 2 is 1.79 bits per heavy atom. The van der Waals surface area contributed by atoms with Gasteiger partial charge >= 0.3 is 0 Å². The van der Waals surface area contributed by atoms with Crippen LogP contribution in [0.4, 0.5) is 5.69 Å². The second kappa shape index (κ2) is 7.57. The van der Waals surface area contributed by atoms with E-state index < -0.39 is 4.92 Å². The van der Waals surface area contributed by atoms with Crippen molar-refractivity contribution in [3.63, 3.8) is 0 Å². The topological polar surface area (TPSA) is 88.9 Å². The lowest BCUT2D eigenvalue weighted by Crippen LogP contribution is -2.09. The van der Waals surface area contributed by atoms with Gasteiger partial charge in [0.25, 0.3) is 11.2 Å². The van der Waals surface area contributed by atoms with Gasteiger partial charge in [-0.15, -0.1) is 0 Å². The average Bonchev–Trinajstić information content (AvgIpc) is 2.70. The van der Waals surface area contributed by atoms with E-state index >= 15 is 0 Å². The highest BCUT2D eigenvalue weighted by Gasteiger charge is 2.18. The highest BCUT2D eigenvalue weighted by Crippen LogP contribution is 2.37. The first-order chi connectivity index (χ1) is 13.5. The number of aromatic amines is 1. The van der Waals surface area contributed by atoms with Crippen molar-refractivity contribution in [1.29, 1.82) is 0 Å². The summed E-state index contributed by atoms with van der Waals surface area (Å²) in [6, 6.07) is 19.3. The van der Waals surface area contributed by atoms with Crippen LogP contribution in [0.25, 0.3) is 22.3 Å². The van der Waals surface area contributed by atoms with Crippen LogP contribution in [0.2, 0.25) is 0 Å². The first-order valence-corrected chi connectivity index (χ1v) is 9.83. The normalized spacial score (nSPS) is 10.9. The van der Waals surface area contributed by atoms with Gasteiger partial charge in [0, 0.05) is 21.0 Å². The number of para-hydroxylation sites is 1. The average molecular weight is 454 g/mol. The fourth-order valence-corrected chi connectivity index (χ4v) is 3.91. The molecule has 3 aromatic carbocycles. The van der Waals surface area contributed by atoms with Crippen LogP contribution in [0.3, 0.4) is 0 Å². The molecule has 0 aliphatic carbocycles. The molecule has 4 aromatic rings. The summed E-state index contributed by atoms with van der Waals surface area (Å²) in [6.45, 7) is 0. The van der Waals surface area contributed by atoms with E-state index in [2.05, 4.69) is 25.9 Å². The first kappa shape index (κ1) is 18.4. The van der Waals surface area contributed by atoms with Gasteiger partial charge in [-0.25, -0.2) is 4.98 Å². The molecule has 0 saturated carbocycles. The predicted molar refractivity (Wildman–Crippen MR) is 113 cm³/mol. The molecule has 4 rings (SSSR count). The number of fused-ring (bicyclic) bond motifs is 1. The van der Waals surface area contributed by atoms with Crippen LogP contribution < -0.4 is 5.56 Å². The summed E-state index contributed by atoms with van der Waals surface area (Å²) in [5.74, 6) is 0.298. The zero-order valence-corrected chi connectivity index (χ0v) is 16.7. The van der Waals surface area contributed by atoms with Crippen LogP contribution in [0.15, 0.2) is 85.8 Å². The van der Waals surface area contributed by atoms with Gasteiger partial charge in [-0.1, -0.05) is 39.8 Å².